The SMILES string of the molecule is Cc1cccc(C)c1OCC(O)CN1CCN(c2ccccc2)CC1.Cl.Cl. The van der Waals surface area contributed by atoms with Crippen molar-refractivity contribution in [2.24, 2.45) is 0 Å². The van der Waals surface area contributed by atoms with E-state index in [0.29, 0.717) is 13.2 Å². The summed E-state index contributed by atoms with van der Waals surface area (Å²) in [6, 6.07) is 16.6. The molecule has 4 nitrogen and oxygen atoms in total. The van der Waals surface area contributed by atoms with Gasteiger partial charge in [0.25, 0.3) is 0 Å². The normalized spacial score (nSPS) is 15.4. The van der Waals surface area contributed by atoms with Gasteiger partial charge in [-0.15, -0.1) is 24.8 Å². The third-order valence-electron chi connectivity index (χ3n) is 4.79. The minimum Gasteiger partial charge on any atom is -0.490 e. The number of rotatable bonds is 6. The molecule has 1 aliphatic rings. The van der Waals surface area contributed by atoms with Gasteiger partial charge in [0.05, 0.1) is 0 Å². The third kappa shape index (κ3) is 6.58. The number of nitrogens with zero attached hydrogens (tertiary/aromatic N) is 2. The average molecular weight is 413 g/mol. The number of halogens is 2. The second kappa shape index (κ2) is 11.4. The Hall–Kier alpha value is -1.46. The molecule has 150 valence electrons. The maximum atomic E-state index is 10.3. The Kier molecular flexibility index (Phi) is 9.95. The molecular weight excluding hydrogens is 383 g/mol. The van der Waals surface area contributed by atoms with E-state index in [1.165, 1.54) is 5.69 Å². The number of aryl methyl sites for hydroxylation is 2. The minimum absolute atomic E-state index is 0. The van der Waals surface area contributed by atoms with Crippen LogP contribution >= 0.6 is 24.8 Å². The fourth-order valence-electron chi connectivity index (χ4n) is 3.38. The number of benzene rings is 2. The quantitative estimate of drug-likeness (QED) is 0.784. The van der Waals surface area contributed by atoms with Crippen molar-refractivity contribution in [3.05, 3.63) is 59.7 Å². The highest BCUT2D eigenvalue weighted by Gasteiger charge is 2.20. The summed E-state index contributed by atoms with van der Waals surface area (Å²) in [5.74, 6) is 0.899. The first-order chi connectivity index (χ1) is 12.1. The summed E-state index contributed by atoms with van der Waals surface area (Å²) in [7, 11) is 0. The second-order valence-electron chi connectivity index (χ2n) is 6.81. The first-order valence-corrected chi connectivity index (χ1v) is 9.03. The second-order valence-corrected chi connectivity index (χ2v) is 6.81. The van der Waals surface area contributed by atoms with E-state index in [2.05, 4.69) is 34.1 Å². The van der Waals surface area contributed by atoms with Crippen LogP contribution < -0.4 is 9.64 Å². The predicted molar refractivity (Wildman–Crippen MR) is 117 cm³/mol. The molecule has 1 unspecified atom stereocenters. The van der Waals surface area contributed by atoms with Crippen LogP contribution in [0.2, 0.25) is 0 Å². The predicted octanol–water partition coefficient (Wildman–Crippen LogP) is 3.71. The first-order valence-electron chi connectivity index (χ1n) is 9.03. The summed E-state index contributed by atoms with van der Waals surface area (Å²) in [6.07, 6.45) is -0.470. The summed E-state index contributed by atoms with van der Waals surface area (Å²) < 4.78 is 5.87. The minimum atomic E-state index is -0.470. The van der Waals surface area contributed by atoms with Crippen LogP contribution in [0, 0.1) is 13.8 Å². The molecule has 0 saturated carbocycles. The molecule has 0 aliphatic carbocycles. The van der Waals surface area contributed by atoms with Gasteiger partial charge in [-0.05, 0) is 37.1 Å². The van der Waals surface area contributed by atoms with E-state index in [1.807, 2.05) is 38.1 Å². The van der Waals surface area contributed by atoms with E-state index in [1.54, 1.807) is 0 Å². The van der Waals surface area contributed by atoms with E-state index in [4.69, 9.17) is 4.74 Å². The topological polar surface area (TPSA) is 35.9 Å². The van der Waals surface area contributed by atoms with Crippen LogP contribution in [0.3, 0.4) is 0 Å². The number of para-hydroxylation sites is 2. The lowest BCUT2D eigenvalue weighted by molar-refractivity contribution is 0.0658. The number of aliphatic hydroxyl groups excluding tert-OH is 1. The largest absolute Gasteiger partial charge is 0.490 e. The van der Waals surface area contributed by atoms with Gasteiger partial charge in [-0.25, -0.2) is 0 Å². The smallest absolute Gasteiger partial charge is 0.125 e. The van der Waals surface area contributed by atoms with E-state index in [0.717, 1.165) is 43.1 Å². The number of anilines is 1. The van der Waals surface area contributed by atoms with Gasteiger partial charge in [-0.3, -0.25) is 4.90 Å². The monoisotopic (exact) mass is 412 g/mol. The summed E-state index contributed by atoms with van der Waals surface area (Å²) >= 11 is 0. The van der Waals surface area contributed by atoms with Gasteiger partial charge < -0.3 is 14.7 Å². The lowest BCUT2D eigenvalue weighted by Gasteiger charge is -2.36. The standard InChI is InChI=1S/C21H28N2O2.2ClH/c1-17-7-6-8-18(2)21(17)25-16-20(24)15-22-11-13-23(14-12-22)19-9-4-3-5-10-19;;/h3-10,20,24H,11-16H2,1-2H3;2*1H. The summed E-state index contributed by atoms with van der Waals surface area (Å²) in [6.45, 7) is 9.00. The highest BCUT2D eigenvalue weighted by molar-refractivity contribution is 5.85. The van der Waals surface area contributed by atoms with Crippen LogP contribution in [0.5, 0.6) is 5.75 Å². The van der Waals surface area contributed by atoms with Crippen molar-refractivity contribution in [1.82, 2.24) is 4.90 Å². The molecule has 1 saturated heterocycles. The molecule has 2 aromatic carbocycles. The van der Waals surface area contributed by atoms with Crippen molar-refractivity contribution >= 4 is 30.5 Å². The van der Waals surface area contributed by atoms with Crippen molar-refractivity contribution in [1.29, 1.82) is 0 Å². The average Bonchev–Trinajstić information content (AvgIpc) is 2.63. The molecule has 1 aliphatic heterocycles. The maximum absolute atomic E-state index is 10.3. The molecule has 1 fully saturated rings. The molecule has 0 bridgehead atoms. The zero-order valence-corrected chi connectivity index (χ0v) is 17.6. The Morgan fingerprint density at radius 2 is 1.48 bits per heavy atom. The molecule has 0 aromatic heterocycles. The number of aliphatic hydroxyl groups is 1. The van der Waals surface area contributed by atoms with Crippen LogP contribution in [0.1, 0.15) is 11.1 Å². The van der Waals surface area contributed by atoms with Crippen LogP contribution in [-0.2, 0) is 0 Å². The molecular formula is C21H30Cl2N2O2. The molecule has 1 heterocycles. The molecule has 6 heteroatoms. The van der Waals surface area contributed by atoms with Crippen molar-refractivity contribution in [2.45, 2.75) is 20.0 Å². The highest BCUT2D eigenvalue weighted by Crippen LogP contribution is 2.22. The molecule has 1 N–H and O–H groups in total. The molecule has 0 radical (unpaired) electrons. The van der Waals surface area contributed by atoms with Crippen molar-refractivity contribution < 1.29 is 9.84 Å². The Balaban J connectivity index is 0.00000182. The number of β-amino-alcohol motifs (C(OH)–C–C–N with tert-alkyl or cyclic N) is 1. The molecule has 3 rings (SSSR count). The van der Waals surface area contributed by atoms with Crippen LogP contribution in [-0.4, -0.2) is 55.4 Å². The maximum Gasteiger partial charge on any atom is 0.125 e. The molecule has 1 atom stereocenters. The molecule has 27 heavy (non-hydrogen) atoms. The molecule has 0 spiro atoms. The molecule has 0 amide bonds. The van der Waals surface area contributed by atoms with E-state index >= 15 is 0 Å². The van der Waals surface area contributed by atoms with Gasteiger partial charge in [0.1, 0.15) is 18.5 Å². The van der Waals surface area contributed by atoms with E-state index in [-0.39, 0.29) is 24.8 Å². The summed E-state index contributed by atoms with van der Waals surface area (Å²) in [5, 5.41) is 10.3. The lowest BCUT2D eigenvalue weighted by atomic mass is 10.1. The van der Waals surface area contributed by atoms with Crippen LogP contribution in [0.4, 0.5) is 5.69 Å². The van der Waals surface area contributed by atoms with Crippen LogP contribution in [0.15, 0.2) is 48.5 Å². The Bertz CT molecular complexity index is 657. The number of ether oxygens (including phenoxy) is 1. The fourth-order valence-corrected chi connectivity index (χ4v) is 3.38. The van der Waals surface area contributed by atoms with Gasteiger partial charge in [0.15, 0.2) is 0 Å². The van der Waals surface area contributed by atoms with Gasteiger partial charge >= 0.3 is 0 Å². The fraction of sp³-hybridized carbons (Fsp3) is 0.429. The zero-order valence-electron chi connectivity index (χ0n) is 16.0. The van der Waals surface area contributed by atoms with Crippen molar-refractivity contribution in [3.8, 4) is 5.75 Å². The summed E-state index contributed by atoms with van der Waals surface area (Å²) in [4.78, 5) is 4.72. The summed E-state index contributed by atoms with van der Waals surface area (Å²) in [5.41, 5.74) is 3.51. The highest BCUT2D eigenvalue weighted by atomic mass is 35.5. The number of hydrogen-bond donors (Lipinski definition) is 1. The third-order valence-corrected chi connectivity index (χ3v) is 4.79. The Morgan fingerprint density at radius 1 is 0.889 bits per heavy atom. The van der Waals surface area contributed by atoms with Crippen LogP contribution in [0.25, 0.3) is 0 Å². The number of hydrogen-bond acceptors (Lipinski definition) is 4. The van der Waals surface area contributed by atoms with E-state index < -0.39 is 6.10 Å². The van der Waals surface area contributed by atoms with Gasteiger partial charge in [-0.1, -0.05) is 36.4 Å². The molecule has 2 aromatic rings. The lowest BCUT2D eigenvalue weighted by Crippen LogP contribution is -2.49. The van der Waals surface area contributed by atoms with Gasteiger partial charge in [-0.2, -0.15) is 0 Å². The van der Waals surface area contributed by atoms with Crippen molar-refractivity contribution in [3.63, 3.8) is 0 Å². The van der Waals surface area contributed by atoms with Crippen molar-refractivity contribution in [2.75, 3.05) is 44.2 Å². The first kappa shape index (κ1) is 23.6. The number of piperazine rings is 1. The van der Waals surface area contributed by atoms with Gasteiger partial charge in [0.2, 0.25) is 0 Å². The zero-order chi connectivity index (χ0) is 17.6. The Labute approximate surface area is 175 Å². The van der Waals surface area contributed by atoms with E-state index in [9.17, 15) is 5.11 Å². The van der Waals surface area contributed by atoms with Gasteiger partial charge in [0, 0.05) is 38.4 Å². The Morgan fingerprint density at radius 3 is 2.07 bits per heavy atom.